The van der Waals surface area contributed by atoms with Crippen molar-refractivity contribution in [3.05, 3.63) is 82.7 Å². The first kappa shape index (κ1) is 20.1. The first-order valence-electron chi connectivity index (χ1n) is 9.18. The van der Waals surface area contributed by atoms with Crippen molar-refractivity contribution in [1.82, 2.24) is 4.98 Å². The number of carbonyl (C=O) groups excluding carboxylic acids is 2. The second kappa shape index (κ2) is 8.56. The molecule has 2 aromatic carbocycles. The largest absolute Gasteiger partial charge is 0.465 e. The van der Waals surface area contributed by atoms with Gasteiger partial charge >= 0.3 is 5.97 Å². The van der Waals surface area contributed by atoms with Crippen molar-refractivity contribution in [2.24, 2.45) is 0 Å². The lowest BCUT2D eigenvalue weighted by Crippen LogP contribution is -2.16. The molecule has 0 aliphatic carbocycles. The van der Waals surface area contributed by atoms with Gasteiger partial charge in [0.15, 0.2) is 0 Å². The van der Waals surface area contributed by atoms with E-state index in [2.05, 4.69) is 48.5 Å². The van der Waals surface area contributed by atoms with Crippen LogP contribution in [-0.2, 0) is 4.74 Å². The number of aryl methyl sites for hydroxylation is 3. The molecule has 0 unspecified atom stereocenters. The lowest BCUT2D eigenvalue weighted by atomic mass is 10.0. The monoisotopic (exact) mass is 389 g/mol. The number of anilines is 3. The van der Waals surface area contributed by atoms with E-state index in [4.69, 9.17) is 4.74 Å². The molecule has 1 heterocycles. The first-order chi connectivity index (χ1) is 13.9. The highest BCUT2D eigenvalue weighted by Gasteiger charge is 2.15. The van der Waals surface area contributed by atoms with Gasteiger partial charge in [-0.3, -0.25) is 4.79 Å². The summed E-state index contributed by atoms with van der Waals surface area (Å²) in [7, 11) is 1.30. The van der Waals surface area contributed by atoms with Crippen LogP contribution in [-0.4, -0.2) is 24.0 Å². The van der Waals surface area contributed by atoms with Crippen LogP contribution in [0.15, 0.2) is 54.7 Å². The van der Waals surface area contributed by atoms with Crippen LogP contribution in [0.3, 0.4) is 0 Å². The normalized spacial score (nSPS) is 10.3. The summed E-state index contributed by atoms with van der Waals surface area (Å²) in [6.45, 7) is 6.17. The standard InChI is InChI=1S/C23H23N3O3/c1-14-11-15(2)21(16(3)12-14)25-17-9-10-20(24-13-17)22(27)26-19-8-6-5-7-18(19)23(28)29-4/h5-13,25H,1-4H3,(H,26,27). The van der Waals surface area contributed by atoms with E-state index in [1.807, 2.05) is 0 Å². The van der Waals surface area contributed by atoms with Gasteiger partial charge in [0.25, 0.3) is 5.91 Å². The Morgan fingerprint density at radius 2 is 1.66 bits per heavy atom. The van der Waals surface area contributed by atoms with E-state index in [0.717, 1.165) is 22.5 Å². The fourth-order valence-electron chi connectivity index (χ4n) is 3.19. The van der Waals surface area contributed by atoms with Crippen LogP contribution in [0.4, 0.5) is 17.1 Å². The van der Waals surface area contributed by atoms with Gasteiger partial charge in [0.2, 0.25) is 0 Å². The molecule has 6 nitrogen and oxygen atoms in total. The zero-order chi connectivity index (χ0) is 21.0. The van der Waals surface area contributed by atoms with Gasteiger partial charge in [0.05, 0.1) is 30.2 Å². The van der Waals surface area contributed by atoms with Crippen molar-refractivity contribution < 1.29 is 14.3 Å². The highest BCUT2D eigenvalue weighted by Crippen LogP contribution is 2.25. The molecule has 2 N–H and O–H groups in total. The number of methoxy groups -OCH3 is 1. The van der Waals surface area contributed by atoms with Gasteiger partial charge in [-0.1, -0.05) is 29.8 Å². The van der Waals surface area contributed by atoms with Gasteiger partial charge in [-0.2, -0.15) is 0 Å². The Morgan fingerprint density at radius 3 is 2.28 bits per heavy atom. The third-order valence-electron chi connectivity index (χ3n) is 4.52. The summed E-state index contributed by atoms with van der Waals surface area (Å²) in [6.07, 6.45) is 1.61. The van der Waals surface area contributed by atoms with E-state index in [1.165, 1.54) is 12.7 Å². The minimum atomic E-state index is -0.516. The van der Waals surface area contributed by atoms with E-state index in [-0.39, 0.29) is 11.3 Å². The fourth-order valence-corrected chi connectivity index (χ4v) is 3.19. The number of hydrogen-bond acceptors (Lipinski definition) is 5. The molecule has 0 saturated heterocycles. The smallest absolute Gasteiger partial charge is 0.339 e. The molecule has 0 aliphatic heterocycles. The predicted octanol–water partition coefficient (Wildman–Crippen LogP) is 4.79. The molecule has 0 saturated carbocycles. The van der Waals surface area contributed by atoms with Crippen LogP contribution < -0.4 is 10.6 Å². The molecule has 148 valence electrons. The minimum Gasteiger partial charge on any atom is -0.465 e. The number of aromatic nitrogens is 1. The molecular formula is C23H23N3O3. The Bertz CT molecular complexity index is 1040. The molecule has 29 heavy (non-hydrogen) atoms. The molecule has 0 atom stereocenters. The lowest BCUT2D eigenvalue weighted by Gasteiger charge is -2.14. The molecule has 0 fully saturated rings. The zero-order valence-corrected chi connectivity index (χ0v) is 16.9. The number of ether oxygens (including phenoxy) is 1. The number of rotatable bonds is 5. The molecule has 0 radical (unpaired) electrons. The highest BCUT2D eigenvalue weighted by atomic mass is 16.5. The summed E-state index contributed by atoms with van der Waals surface area (Å²) in [5.74, 6) is -0.923. The van der Waals surface area contributed by atoms with E-state index >= 15 is 0 Å². The van der Waals surface area contributed by atoms with Gasteiger partial charge in [-0.05, 0) is 56.2 Å². The third-order valence-corrected chi connectivity index (χ3v) is 4.52. The Morgan fingerprint density at radius 1 is 0.966 bits per heavy atom. The second-order valence-electron chi connectivity index (χ2n) is 6.82. The van der Waals surface area contributed by atoms with Gasteiger partial charge in [-0.25, -0.2) is 9.78 Å². The molecular weight excluding hydrogens is 366 g/mol. The van der Waals surface area contributed by atoms with Crippen molar-refractivity contribution in [3.8, 4) is 0 Å². The Labute approximate surface area is 169 Å². The average Bonchev–Trinajstić information content (AvgIpc) is 2.71. The number of pyridine rings is 1. The third kappa shape index (κ3) is 4.60. The first-order valence-corrected chi connectivity index (χ1v) is 9.18. The summed E-state index contributed by atoms with van der Waals surface area (Å²) in [6, 6.07) is 14.3. The molecule has 0 aliphatic rings. The summed E-state index contributed by atoms with van der Waals surface area (Å²) in [4.78, 5) is 28.6. The highest BCUT2D eigenvalue weighted by molar-refractivity contribution is 6.07. The van der Waals surface area contributed by atoms with Crippen LogP contribution >= 0.6 is 0 Å². The molecule has 0 bridgehead atoms. The van der Waals surface area contributed by atoms with Crippen molar-refractivity contribution in [1.29, 1.82) is 0 Å². The van der Waals surface area contributed by atoms with Gasteiger partial charge < -0.3 is 15.4 Å². The summed E-state index contributed by atoms with van der Waals surface area (Å²) >= 11 is 0. The van der Waals surface area contributed by atoms with Crippen LogP contribution in [0.25, 0.3) is 0 Å². The predicted molar refractivity (Wildman–Crippen MR) is 114 cm³/mol. The maximum Gasteiger partial charge on any atom is 0.339 e. The quantitative estimate of drug-likeness (QED) is 0.613. The van der Waals surface area contributed by atoms with Gasteiger partial charge in [-0.15, -0.1) is 0 Å². The number of nitrogens with zero attached hydrogens (tertiary/aromatic N) is 1. The molecule has 0 spiro atoms. The Kier molecular flexibility index (Phi) is 5.93. The number of esters is 1. The van der Waals surface area contributed by atoms with Crippen molar-refractivity contribution >= 4 is 28.9 Å². The second-order valence-corrected chi connectivity index (χ2v) is 6.82. The van der Waals surface area contributed by atoms with E-state index in [9.17, 15) is 9.59 Å². The van der Waals surface area contributed by atoms with Crippen molar-refractivity contribution in [2.45, 2.75) is 20.8 Å². The van der Waals surface area contributed by atoms with Crippen LogP contribution in [0.1, 0.15) is 37.5 Å². The van der Waals surface area contributed by atoms with Crippen molar-refractivity contribution in [3.63, 3.8) is 0 Å². The molecule has 3 rings (SSSR count). The number of carbonyl (C=O) groups is 2. The number of nitrogens with one attached hydrogen (secondary N) is 2. The minimum absolute atomic E-state index is 0.243. The molecule has 1 amide bonds. The SMILES string of the molecule is COC(=O)c1ccccc1NC(=O)c1ccc(Nc2c(C)cc(C)cc2C)cn1. The fraction of sp³-hybridized carbons (Fsp3) is 0.174. The van der Waals surface area contributed by atoms with Crippen molar-refractivity contribution in [2.75, 3.05) is 17.7 Å². The number of para-hydroxylation sites is 1. The lowest BCUT2D eigenvalue weighted by molar-refractivity contribution is 0.0602. The van der Waals surface area contributed by atoms with Crippen LogP contribution in [0.5, 0.6) is 0 Å². The summed E-state index contributed by atoms with van der Waals surface area (Å²) in [5.41, 5.74) is 6.21. The topological polar surface area (TPSA) is 80.3 Å². The molecule has 3 aromatic rings. The maximum atomic E-state index is 12.5. The molecule has 1 aromatic heterocycles. The van der Waals surface area contributed by atoms with E-state index in [1.54, 1.807) is 42.6 Å². The maximum absolute atomic E-state index is 12.5. The molecule has 6 heteroatoms. The van der Waals surface area contributed by atoms with Gasteiger partial charge in [0.1, 0.15) is 5.69 Å². The summed E-state index contributed by atoms with van der Waals surface area (Å²) < 4.78 is 4.75. The summed E-state index contributed by atoms with van der Waals surface area (Å²) in [5, 5.41) is 6.07. The van der Waals surface area contributed by atoms with Crippen LogP contribution in [0.2, 0.25) is 0 Å². The number of hydrogen-bond donors (Lipinski definition) is 2. The number of amides is 1. The van der Waals surface area contributed by atoms with Gasteiger partial charge in [0, 0.05) is 5.69 Å². The number of benzene rings is 2. The average molecular weight is 389 g/mol. The Balaban J connectivity index is 1.76. The van der Waals surface area contributed by atoms with Crippen LogP contribution in [0, 0.1) is 20.8 Å². The zero-order valence-electron chi connectivity index (χ0n) is 16.9. The Hall–Kier alpha value is -3.67. The van der Waals surface area contributed by atoms with E-state index < -0.39 is 11.9 Å². The van der Waals surface area contributed by atoms with E-state index in [0.29, 0.717) is 5.69 Å².